The van der Waals surface area contributed by atoms with Crippen LogP contribution in [0.25, 0.3) is 0 Å². The van der Waals surface area contributed by atoms with Crippen molar-refractivity contribution in [3.8, 4) is 0 Å². The van der Waals surface area contributed by atoms with Crippen molar-refractivity contribution in [1.29, 1.82) is 0 Å². The minimum Gasteiger partial charge on any atom is -0.481 e. The van der Waals surface area contributed by atoms with Crippen LogP contribution >= 0.6 is 23.2 Å². The van der Waals surface area contributed by atoms with E-state index in [1.54, 1.807) is 24.3 Å². The Morgan fingerprint density at radius 1 is 0.955 bits per heavy atom. The molecule has 0 aliphatic rings. The number of aliphatic carboxylic acids is 1. The molecule has 0 atom stereocenters. The lowest BCUT2D eigenvalue weighted by atomic mass is 10.2. The topological polar surface area (TPSA) is 106 Å². The first-order valence-corrected chi connectivity index (χ1v) is 6.83. The number of halogens is 2. The van der Waals surface area contributed by atoms with E-state index in [1.807, 2.05) is 0 Å². The van der Waals surface area contributed by atoms with Crippen LogP contribution in [-0.4, -0.2) is 27.0 Å². The first kappa shape index (κ1) is 17.9. The zero-order valence-corrected chi connectivity index (χ0v) is 12.9. The molecule has 0 radical (unpaired) electrons. The van der Waals surface area contributed by atoms with Crippen molar-refractivity contribution in [3.05, 3.63) is 58.1 Å². The summed E-state index contributed by atoms with van der Waals surface area (Å²) in [5.74, 6) is -1.23. The van der Waals surface area contributed by atoms with Gasteiger partial charge in [0, 0.05) is 12.4 Å². The van der Waals surface area contributed by atoms with E-state index < -0.39 is 5.97 Å². The third-order valence-electron chi connectivity index (χ3n) is 2.31. The molecule has 0 saturated carbocycles. The number of carbonyl (C=O) groups is 2. The number of hydrogen-bond acceptors (Lipinski definition) is 4. The smallest absolute Gasteiger partial charge is 0.307 e. The van der Waals surface area contributed by atoms with Gasteiger partial charge < -0.3 is 10.8 Å². The molecule has 2 rings (SSSR count). The number of carbonyl (C=O) groups excluding carboxylic acids is 1. The monoisotopic (exact) mass is 341 g/mol. The summed E-state index contributed by atoms with van der Waals surface area (Å²) in [5, 5.41) is 9.16. The molecule has 0 aliphatic heterocycles. The number of carboxylic acid groups (broad SMARTS) is 1. The van der Waals surface area contributed by atoms with E-state index in [9.17, 15) is 9.59 Å². The van der Waals surface area contributed by atoms with E-state index in [1.165, 1.54) is 12.4 Å². The molecule has 0 aromatic carbocycles. The average molecular weight is 342 g/mol. The van der Waals surface area contributed by atoms with Gasteiger partial charge in [0.15, 0.2) is 0 Å². The standard InChI is InChI=1S/C7H7ClN2O.C7H6ClNO2/c8-6-2-1-5(4-10-6)3-7(9)11;8-6-2-1-5(4-9-6)3-7(10)11/h1-2,4H,3H2,(H2,9,11);1-2,4H,3H2,(H,10,11). The molecule has 0 saturated heterocycles. The van der Waals surface area contributed by atoms with Crippen LogP contribution in [0, 0.1) is 0 Å². The van der Waals surface area contributed by atoms with E-state index in [0.717, 1.165) is 5.56 Å². The maximum atomic E-state index is 10.4. The molecule has 2 aromatic heterocycles. The van der Waals surface area contributed by atoms with E-state index in [0.29, 0.717) is 15.9 Å². The van der Waals surface area contributed by atoms with Gasteiger partial charge in [-0.15, -0.1) is 0 Å². The van der Waals surface area contributed by atoms with Crippen LogP contribution in [0.4, 0.5) is 0 Å². The van der Waals surface area contributed by atoms with Crippen molar-refractivity contribution < 1.29 is 14.7 Å². The Hall–Kier alpha value is -2.18. The van der Waals surface area contributed by atoms with Gasteiger partial charge >= 0.3 is 5.97 Å². The highest BCUT2D eigenvalue weighted by atomic mass is 35.5. The minimum absolute atomic E-state index is 0.00975. The number of primary amides is 1. The van der Waals surface area contributed by atoms with Gasteiger partial charge in [-0.25, -0.2) is 9.97 Å². The van der Waals surface area contributed by atoms with Gasteiger partial charge in [-0.05, 0) is 23.3 Å². The molecule has 8 heteroatoms. The summed E-state index contributed by atoms with van der Waals surface area (Å²) in [4.78, 5) is 28.1. The van der Waals surface area contributed by atoms with Crippen molar-refractivity contribution in [2.45, 2.75) is 12.8 Å². The Bertz CT molecular complexity index is 573. The Kier molecular flexibility index (Phi) is 7.28. The van der Waals surface area contributed by atoms with Crippen LogP contribution in [0.15, 0.2) is 36.7 Å². The second kappa shape index (κ2) is 8.96. The summed E-state index contributed by atoms with van der Waals surface area (Å²) in [7, 11) is 0. The first-order valence-electron chi connectivity index (χ1n) is 6.08. The van der Waals surface area contributed by atoms with Crippen LogP contribution < -0.4 is 5.73 Å². The number of nitrogens with two attached hydrogens (primary N) is 1. The lowest BCUT2D eigenvalue weighted by Gasteiger charge is -1.95. The molecule has 3 N–H and O–H groups in total. The van der Waals surface area contributed by atoms with Crippen LogP contribution in [0.1, 0.15) is 11.1 Å². The third kappa shape index (κ3) is 7.56. The highest BCUT2D eigenvalue weighted by Gasteiger charge is 1.99. The summed E-state index contributed by atoms with van der Waals surface area (Å²) in [6.45, 7) is 0. The molecule has 0 spiro atoms. The summed E-state index contributed by atoms with van der Waals surface area (Å²) in [5.41, 5.74) is 6.40. The largest absolute Gasteiger partial charge is 0.481 e. The van der Waals surface area contributed by atoms with Crippen molar-refractivity contribution in [1.82, 2.24) is 9.97 Å². The number of rotatable bonds is 4. The Morgan fingerprint density at radius 2 is 1.41 bits per heavy atom. The van der Waals surface area contributed by atoms with Gasteiger partial charge in [-0.3, -0.25) is 9.59 Å². The van der Waals surface area contributed by atoms with E-state index in [4.69, 9.17) is 34.0 Å². The van der Waals surface area contributed by atoms with Crippen LogP contribution in [0.5, 0.6) is 0 Å². The molecular weight excluding hydrogens is 329 g/mol. The Labute approximate surface area is 136 Å². The van der Waals surface area contributed by atoms with Gasteiger partial charge in [0.2, 0.25) is 5.91 Å². The summed E-state index contributed by atoms with van der Waals surface area (Å²) in [6.07, 6.45) is 3.19. The number of carboxylic acids is 1. The predicted octanol–water partition coefficient (Wildman–Crippen LogP) is 2.12. The number of amides is 1. The van der Waals surface area contributed by atoms with Crippen LogP contribution in [0.3, 0.4) is 0 Å². The molecule has 2 aromatic rings. The second-order valence-corrected chi connectivity index (χ2v) is 4.97. The molecular formula is C14H13Cl2N3O3. The fourth-order valence-electron chi connectivity index (χ4n) is 1.40. The number of aromatic nitrogens is 2. The minimum atomic E-state index is -0.867. The SMILES string of the molecule is NC(=O)Cc1ccc(Cl)nc1.O=C(O)Cc1ccc(Cl)nc1. The molecule has 0 unspecified atom stereocenters. The van der Waals surface area contributed by atoms with Crippen LogP contribution in [0.2, 0.25) is 10.3 Å². The number of hydrogen-bond donors (Lipinski definition) is 2. The van der Waals surface area contributed by atoms with Crippen LogP contribution in [-0.2, 0) is 22.4 Å². The second-order valence-electron chi connectivity index (χ2n) is 4.19. The summed E-state index contributed by atoms with van der Waals surface area (Å²) >= 11 is 11.0. The molecule has 1 amide bonds. The van der Waals surface area contributed by atoms with E-state index >= 15 is 0 Å². The fourth-order valence-corrected chi connectivity index (χ4v) is 1.62. The first-order chi connectivity index (χ1) is 10.4. The Balaban J connectivity index is 0.000000220. The zero-order valence-electron chi connectivity index (χ0n) is 11.4. The molecule has 2 heterocycles. The van der Waals surface area contributed by atoms with Gasteiger partial charge in [-0.2, -0.15) is 0 Å². The van der Waals surface area contributed by atoms with Gasteiger partial charge in [0.05, 0.1) is 12.8 Å². The average Bonchev–Trinajstić information content (AvgIpc) is 2.44. The molecule has 0 aliphatic carbocycles. The third-order valence-corrected chi connectivity index (χ3v) is 2.76. The molecule has 0 bridgehead atoms. The number of nitrogens with zero attached hydrogens (tertiary/aromatic N) is 2. The highest BCUT2D eigenvalue weighted by Crippen LogP contribution is 2.06. The quantitative estimate of drug-likeness (QED) is 0.828. The van der Waals surface area contributed by atoms with E-state index in [-0.39, 0.29) is 18.7 Å². The molecule has 6 nitrogen and oxygen atoms in total. The normalized spacial score (nSPS) is 9.55. The zero-order chi connectivity index (χ0) is 16.5. The lowest BCUT2D eigenvalue weighted by molar-refractivity contribution is -0.136. The lowest BCUT2D eigenvalue weighted by Crippen LogP contribution is -2.13. The molecule has 0 fully saturated rings. The number of pyridine rings is 2. The molecule has 116 valence electrons. The van der Waals surface area contributed by atoms with Crippen molar-refractivity contribution >= 4 is 35.1 Å². The van der Waals surface area contributed by atoms with Crippen molar-refractivity contribution in [2.24, 2.45) is 5.73 Å². The maximum absolute atomic E-state index is 10.4. The molecule has 22 heavy (non-hydrogen) atoms. The highest BCUT2D eigenvalue weighted by molar-refractivity contribution is 6.29. The van der Waals surface area contributed by atoms with E-state index in [2.05, 4.69) is 9.97 Å². The van der Waals surface area contributed by atoms with Gasteiger partial charge in [-0.1, -0.05) is 35.3 Å². The van der Waals surface area contributed by atoms with Crippen molar-refractivity contribution in [2.75, 3.05) is 0 Å². The summed E-state index contributed by atoms with van der Waals surface area (Å²) < 4.78 is 0. The predicted molar refractivity (Wildman–Crippen MR) is 82.7 cm³/mol. The van der Waals surface area contributed by atoms with Crippen molar-refractivity contribution in [3.63, 3.8) is 0 Å². The maximum Gasteiger partial charge on any atom is 0.307 e. The van der Waals surface area contributed by atoms with Gasteiger partial charge in [0.1, 0.15) is 10.3 Å². The summed E-state index contributed by atoms with van der Waals surface area (Å²) in [6, 6.07) is 6.56. The fraction of sp³-hybridized carbons (Fsp3) is 0.143. The Morgan fingerprint density at radius 3 is 1.73 bits per heavy atom. The van der Waals surface area contributed by atoms with Gasteiger partial charge in [0.25, 0.3) is 0 Å².